The molecule has 2 rings (SSSR count). The van der Waals surface area contributed by atoms with Gasteiger partial charge in [-0.1, -0.05) is 25.0 Å². The molecule has 1 fully saturated rings. The summed E-state index contributed by atoms with van der Waals surface area (Å²) < 4.78 is 0. The van der Waals surface area contributed by atoms with Crippen molar-refractivity contribution in [3.05, 3.63) is 12.2 Å². The van der Waals surface area contributed by atoms with Crippen molar-refractivity contribution < 1.29 is 4.79 Å². The third kappa shape index (κ3) is 0.943. The number of aldehydes is 1. The van der Waals surface area contributed by atoms with Gasteiger partial charge in [0, 0.05) is 5.41 Å². The minimum absolute atomic E-state index is 0.0399. The van der Waals surface area contributed by atoms with E-state index < -0.39 is 0 Å². The van der Waals surface area contributed by atoms with Crippen molar-refractivity contribution in [3.63, 3.8) is 0 Å². The second-order valence-electron chi connectivity index (χ2n) is 3.84. The minimum atomic E-state index is 0.0399. The van der Waals surface area contributed by atoms with Crippen LogP contribution in [0.1, 0.15) is 32.1 Å². The Kier molecular flexibility index (Phi) is 1.59. The fourth-order valence-electron chi connectivity index (χ4n) is 2.48. The van der Waals surface area contributed by atoms with Crippen molar-refractivity contribution in [2.45, 2.75) is 32.1 Å². The van der Waals surface area contributed by atoms with Crippen molar-refractivity contribution in [3.8, 4) is 0 Å². The third-order valence-electron chi connectivity index (χ3n) is 3.25. The molecule has 2 aliphatic carbocycles. The molecule has 0 saturated heterocycles. The highest BCUT2D eigenvalue weighted by atomic mass is 16.1. The largest absolute Gasteiger partial charge is 0.303 e. The summed E-state index contributed by atoms with van der Waals surface area (Å²) in [5.41, 5.74) is 0.0399. The summed E-state index contributed by atoms with van der Waals surface area (Å²) in [5.74, 6) is 0.578. The van der Waals surface area contributed by atoms with E-state index in [1.54, 1.807) is 0 Å². The lowest BCUT2D eigenvalue weighted by atomic mass is 9.69. The predicted octanol–water partition coefficient (Wildman–Crippen LogP) is 2.32. The lowest BCUT2D eigenvalue weighted by Crippen LogP contribution is -2.30. The van der Waals surface area contributed by atoms with E-state index >= 15 is 0 Å². The van der Waals surface area contributed by atoms with Gasteiger partial charge in [-0.3, -0.25) is 0 Å². The SMILES string of the molecule is O=CC12CC=CC1CCCC2. The zero-order valence-electron chi connectivity index (χ0n) is 6.75. The van der Waals surface area contributed by atoms with Crippen LogP contribution in [0.15, 0.2) is 12.2 Å². The molecule has 60 valence electrons. The monoisotopic (exact) mass is 150 g/mol. The topological polar surface area (TPSA) is 17.1 Å². The van der Waals surface area contributed by atoms with Crippen LogP contribution in [0.2, 0.25) is 0 Å². The van der Waals surface area contributed by atoms with Gasteiger partial charge in [-0.05, 0) is 25.2 Å². The van der Waals surface area contributed by atoms with Crippen LogP contribution in [0.3, 0.4) is 0 Å². The second-order valence-corrected chi connectivity index (χ2v) is 3.84. The molecule has 0 amide bonds. The smallest absolute Gasteiger partial charge is 0.127 e. The first-order chi connectivity index (χ1) is 5.37. The number of carbonyl (C=O) groups excluding carboxylic acids is 1. The summed E-state index contributed by atoms with van der Waals surface area (Å²) in [4.78, 5) is 10.9. The van der Waals surface area contributed by atoms with Crippen LogP contribution < -0.4 is 0 Å². The Morgan fingerprint density at radius 3 is 3.09 bits per heavy atom. The van der Waals surface area contributed by atoms with Crippen molar-refractivity contribution >= 4 is 6.29 Å². The van der Waals surface area contributed by atoms with E-state index in [0.717, 1.165) is 12.8 Å². The quantitative estimate of drug-likeness (QED) is 0.414. The van der Waals surface area contributed by atoms with E-state index in [4.69, 9.17) is 0 Å². The normalized spacial score (nSPS) is 42.0. The lowest BCUT2D eigenvalue weighted by Gasteiger charge is -2.34. The van der Waals surface area contributed by atoms with Crippen LogP contribution in [-0.2, 0) is 4.79 Å². The van der Waals surface area contributed by atoms with Crippen LogP contribution in [0, 0.1) is 11.3 Å². The number of allylic oxidation sites excluding steroid dienone is 2. The first kappa shape index (κ1) is 7.08. The molecular weight excluding hydrogens is 136 g/mol. The Morgan fingerprint density at radius 2 is 2.36 bits per heavy atom. The van der Waals surface area contributed by atoms with Crippen molar-refractivity contribution in [2.75, 3.05) is 0 Å². The molecule has 1 saturated carbocycles. The Balaban J connectivity index is 2.22. The molecule has 2 aliphatic rings. The number of rotatable bonds is 1. The predicted molar refractivity (Wildman–Crippen MR) is 44.2 cm³/mol. The van der Waals surface area contributed by atoms with Crippen LogP contribution >= 0.6 is 0 Å². The maximum Gasteiger partial charge on any atom is 0.127 e. The molecule has 0 aromatic rings. The van der Waals surface area contributed by atoms with E-state index in [-0.39, 0.29) is 5.41 Å². The third-order valence-corrected chi connectivity index (χ3v) is 3.25. The van der Waals surface area contributed by atoms with Crippen molar-refractivity contribution in [1.29, 1.82) is 0 Å². The van der Waals surface area contributed by atoms with Gasteiger partial charge in [-0.25, -0.2) is 0 Å². The first-order valence-electron chi connectivity index (χ1n) is 4.50. The van der Waals surface area contributed by atoms with Gasteiger partial charge >= 0.3 is 0 Å². The Hall–Kier alpha value is -0.590. The Morgan fingerprint density at radius 1 is 1.45 bits per heavy atom. The summed E-state index contributed by atoms with van der Waals surface area (Å²) in [6.45, 7) is 0. The molecule has 0 radical (unpaired) electrons. The lowest BCUT2D eigenvalue weighted by molar-refractivity contribution is -0.119. The van der Waals surface area contributed by atoms with Crippen LogP contribution in [0.4, 0.5) is 0 Å². The summed E-state index contributed by atoms with van der Waals surface area (Å²) >= 11 is 0. The molecule has 0 spiro atoms. The van der Waals surface area contributed by atoms with Crippen molar-refractivity contribution in [2.24, 2.45) is 11.3 Å². The van der Waals surface area contributed by atoms with Crippen LogP contribution in [0.25, 0.3) is 0 Å². The Bertz CT molecular complexity index is 195. The zero-order valence-corrected chi connectivity index (χ0v) is 6.75. The molecule has 0 heterocycles. The number of hydrogen-bond acceptors (Lipinski definition) is 1. The van der Waals surface area contributed by atoms with Gasteiger partial charge in [0.1, 0.15) is 6.29 Å². The highest BCUT2D eigenvalue weighted by molar-refractivity contribution is 5.62. The maximum absolute atomic E-state index is 10.9. The maximum atomic E-state index is 10.9. The standard InChI is InChI=1S/C10H14O/c11-8-10-6-2-1-4-9(10)5-3-7-10/h3,5,8-9H,1-2,4,6-7H2. The molecular formula is C10H14O. The van der Waals surface area contributed by atoms with Gasteiger partial charge in [0.25, 0.3) is 0 Å². The molecule has 0 aliphatic heterocycles. The summed E-state index contributed by atoms with van der Waals surface area (Å²) in [6, 6.07) is 0. The van der Waals surface area contributed by atoms with E-state index in [9.17, 15) is 4.79 Å². The summed E-state index contributed by atoms with van der Waals surface area (Å²) in [6.07, 6.45) is 11.5. The number of carbonyl (C=O) groups is 1. The van der Waals surface area contributed by atoms with Crippen molar-refractivity contribution in [1.82, 2.24) is 0 Å². The fraction of sp³-hybridized carbons (Fsp3) is 0.700. The zero-order chi connectivity index (χ0) is 7.73. The van der Waals surface area contributed by atoms with E-state index in [0.29, 0.717) is 5.92 Å². The van der Waals surface area contributed by atoms with Crippen LogP contribution in [0.5, 0.6) is 0 Å². The van der Waals surface area contributed by atoms with Gasteiger partial charge in [0.2, 0.25) is 0 Å². The van der Waals surface area contributed by atoms with E-state index in [1.165, 1.54) is 25.5 Å². The van der Waals surface area contributed by atoms with Gasteiger partial charge in [0.15, 0.2) is 0 Å². The van der Waals surface area contributed by atoms with Gasteiger partial charge in [0.05, 0.1) is 0 Å². The molecule has 0 bridgehead atoms. The number of hydrogen-bond donors (Lipinski definition) is 0. The summed E-state index contributed by atoms with van der Waals surface area (Å²) in [7, 11) is 0. The van der Waals surface area contributed by atoms with Crippen LogP contribution in [-0.4, -0.2) is 6.29 Å². The number of fused-ring (bicyclic) bond motifs is 1. The molecule has 1 nitrogen and oxygen atoms in total. The molecule has 2 atom stereocenters. The molecule has 11 heavy (non-hydrogen) atoms. The fourth-order valence-corrected chi connectivity index (χ4v) is 2.48. The minimum Gasteiger partial charge on any atom is -0.303 e. The van der Waals surface area contributed by atoms with Gasteiger partial charge in [-0.15, -0.1) is 0 Å². The highest BCUT2D eigenvalue weighted by Crippen LogP contribution is 2.46. The second kappa shape index (κ2) is 2.47. The Labute approximate surface area is 67.5 Å². The average Bonchev–Trinajstić information content (AvgIpc) is 2.48. The molecule has 0 N–H and O–H groups in total. The summed E-state index contributed by atoms with van der Waals surface area (Å²) in [5, 5.41) is 0. The van der Waals surface area contributed by atoms with Gasteiger partial charge < -0.3 is 4.79 Å². The van der Waals surface area contributed by atoms with Gasteiger partial charge in [-0.2, -0.15) is 0 Å². The van der Waals surface area contributed by atoms with E-state index in [1.807, 2.05) is 0 Å². The molecule has 0 aromatic carbocycles. The van der Waals surface area contributed by atoms with E-state index in [2.05, 4.69) is 12.2 Å². The highest BCUT2D eigenvalue weighted by Gasteiger charge is 2.40. The molecule has 0 aromatic heterocycles. The molecule has 2 unspecified atom stereocenters. The first-order valence-corrected chi connectivity index (χ1v) is 4.50. The average molecular weight is 150 g/mol. The molecule has 1 heteroatoms.